The van der Waals surface area contributed by atoms with Crippen molar-refractivity contribution >= 4 is 11.2 Å². The van der Waals surface area contributed by atoms with Crippen LogP contribution in [0.25, 0.3) is 33.9 Å². The van der Waals surface area contributed by atoms with Crippen LogP contribution in [-0.4, -0.2) is 40.1 Å². The second kappa shape index (κ2) is 7.60. The minimum absolute atomic E-state index is 0.221. The maximum atomic E-state index is 12.6. The van der Waals surface area contributed by atoms with E-state index in [0.717, 1.165) is 16.7 Å². The lowest BCUT2D eigenvalue weighted by Gasteiger charge is -2.11. The van der Waals surface area contributed by atoms with Crippen LogP contribution in [0, 0.1) is 0 Å². The second-order valence-electron chi connectivity index (χ2n) is 7.62. The van der Waals surface area contributed by atoms with Gasteiger partial charge in [-0.2, -0.15) is 5.21 Å². The minimum Gasteiger partial charge on any atom is -0.303 e. The van der Waals surface area contributed by atoms with Crippen LogP contribution < -0.4 is 5.69 Å². The fourth-order valence-corrected chi connectivity index (χ4v) is 3.65. The van der Waals surface area contributed by atoms with Crippen molar-refractivity contribution in [3.05, 3.63) is 76.3 Å². The zero-order valence-electron chi connectivity index (χ0n) is 17.1. The molecular weight excluding hydrogens is 392 g/mol. The van der Waals surface area contributed by atoms with Gasteiger partial charge in [-0.25, -0.2) is 14.8 Å². The molecule has 9 nitrogen and oxygen atoms in total. The number of imidazole rings is 1. The Morgan fingerprint density at radius 2 is 1.84 bits per heavy atom. The topological polar surface area (TPSA) is 118 Å². The van der Waals surface area contributed by atoms with Gasteiger partial charge >= 0.3 is 5.69 Å². The Balaban J connectivity index is 1.53. The van der Waals surface area contributed by atoms with Crippen LogP contribution in [0.4, 0.5) is 0 Å². The third kappa shape index (κ3) is 3.50. The number of rotatable bonds is 5. The number of hydrogen-bond acceptors (Lipinski definition) is 6. The van der Waals surface area contributed by atoms with Gasteiger partial charge in [0.1, 0.15) is 5.52 Å². The van der Waals surface area contributed by atoms with Crippen molar-refractivity contribution < 1.29 is 0 Å². The number of aromatic amines is 2. The summed E-state index contributed by atoms with van der Waals surface area (Å²) in [5, 5.41) is 14.0. The number of hydrogen-bond donors (Lipinski definition) is 2. The molecule has 0 aliphatic rings. The summed E-state index contributed by atoms with van der Waals surface area (Å²) in [5.41, 5.74) is 4.92. The molecule has 0 aliphatic heterocycles. The molecule has 5 rings (SSSR count). The second-order valence-corrected chi connectivity index (χ2v) is 7.62. The maximum absolute atomic E-state index is 12.6. The smallest absolute Gasteiger partial charge is 0.303 e. The van der Waals surface area contributed by atoms with Crippen molar-refractivity contribution in [3.8, 4) is 22.8 Å². The third-order valence-corrected chi connectivity index (χ3v) is 5.23. The summed E-state index contributed by atoms with van der Waals surface area (Å²) in [6.07, 6.45) is 1.67. The average molecular weight is 412 g/mol. The Labute approximate surface area is 177 Å². The summed E-state index contributed by atoms with van der Waals surface area (Å²) < 4.78 is 1.63. The normalized spacial score (nSPS) is 11.5. The molecular formula is C22H20N8O. The lowest BCUT2D eigenvalue weighted by molar-refractivity contribution is 0.777. The molecule has 154 valence electrons. The summed E-state index contributed by atoms with van der Waals surface area (Å²) >= 11 is 0. The molecule has 31 heavy (non-hydrogen) atoms. The van der Waals surface area contributed by atoms with Crippen molar-refractivity contribution in [3.63, 3.8) is 0 Å². The van der Waals surface area contributed by atoms with Crippen LogP contribution in [-0.2, 0) is 6.54 Å². The molecule has 0 saturated heterocycles. The molecule has 0 aliphatic carbocycles. The first-order valence-corrected chi connectivity index (χ1v) is 9.98. The van der Waals surface area contributed by atoms with Gasteiger partial charge in [0.15, 0.2) is 11.5 Å². The van der Waals surface area contributed by atoms with E-state index >= 15 is 0 Å². The Hall–Kier alpha value is -4.14. The number of aromatic nitrogens is 8. The molecule has 0 spiro atoms. The molecule has 2 N–H and O–H groups in total. The van der Waals surface area contributed by atoms with Crippen LogP contribution >= 0.6 is 0 Å². The van der Waals surface area contributed by atoms with E-state index in [9.17, 15) is 4.79 Å². The predicted octanol–water partition coefficient (Wildman–Crippen LogP) is 3.14. The first-order valence-electron chi connectivity index (χ1n) is 9.98. The SMILES string of the molecule is CC(C)c1ccccc1-c1ncc2[nH]c(=O)n(Cc3ccc(-c4nn[nH]n4)cc3)c2n1. The molecule has 3 aromatic heterocycles. The lowest BCUT2D eigenvalue weighted by Crippen LogP contribution is -2.17. The number of nitrogens with one attached hydrogen (secondary N) is 2. The van der Waals surface area contributed by atoms with Gasteiger partial charge in [-0.1, -0.05) is 62.4 Å². The van der Waals surface area contributed by atoms with Gasteiger partial charge in [0.25, 0.3) is 0 Å². The largest absolute Gasteiger partial charge is 0.328 e. The molecule has 0 unspecified atom stereocenters. The van der Waals surface area contributed by atoms with Crippen molar-refractivity contribution in [2.24, 2.45) is 0 Å². The number of H-pyrrole nitrogens is 2. The maximum Gasteiger partial charge on any atom is 0.328 e. The molecule has 9 heteroatoms. The quantitative estimate of drug-likeness (QED) is 0.458. The highest BCUT2D eigenvalue weighted by Crippen LogP contribution is 2.27. The predicted molar refractivity (Wildman–Crippen MR) is 116 cm³/mol. The van der Waals surface area contributed by atoms with Gasteiger partial charge in [-0.05, 0) is 22.3 Å². The summed E-state index contributed by atoms with van der Waals surface area (Å²) in [6.45, 7) is 4.66. The number of nitrogens with zero attached hydrogens (tertiary/aromatic N) is 6. The molecule has 0 saturated carbocycles. The Kier molecular flexibility index (Phi) is 4.62. The first kappa shape index (κ1) is 18.9. The molecule has 0 atom stereocenters. The van der Waals surface area contributed by atoms with Gasteiger partial charge in [-0.15, -0.1) is 10.2 Å². The van der Waals surface area contributed by atoms with Crippen molar-refractivity contribution in [1.29, 1.82) is 0 Å². The van der Waals surface area contributed by atoms with Gasteiger partial charge in [-0.3, -0.25) is 4.57 Å². The minimum atomic E-state index is -0.221. The molecule has 3 heterocycles. The number of tetrazole rings is 1. The summed E-state index contributed by atoms with van der Waals surface area (Å²) in [7, 11) is 0. The summed E-state index contributed by atoms with van der Waals surface area (Å²) in [4.78, 5) is 24.7. The highest BCUT2D eigenvalue weighted by Gasteiger charge is 2.15. The van der Waals surface area contributed by atoms with Crippen LogP contribution in [0.5, 0.6) is 0 Å². The van der Waals surface area contributed by atoms with Crippen LogP contribution in [0.2, 0.25) is 0 Å². The fourth-order valence-electron chi connectivity index (χ4n) is 3.65. The average Bonchev–Trinajstić information content (AvgIpc) is 3.43. The number of fused-ring (bicyclic) bond motifs is 1. The molecule has 0 radical (unpaired) electrons. The molecule has 2 aromatic carbocycles. The third-order valence-electron chi connectivity index (χ3n) is 5.23. The van der Waals surface area contributed by atoms with Gasteiger partial charge in [0, 0.05) is 11.1 Å². The molecule has 0 bridgehead atoms. The zero-order valence-corrected chi connectivity index (χ0v) is 17.1. The monoisotopic (exact) mass is 412 g/mol. The van der Waals surface area contributed by atoms with Crippen molar-refractivity contribution in [2.75, 3.05) is 0 Å². The van der Waals surface area contributed by atoms with Gasteiger partial charge in [0.2, 0.25) is 5.82 Å². The van der Waals surface area contributed by atoms with Gasteiger partial charge < -0.3 is 4.98 Å². The fraction of sp³-hybridized carbons (Fsp3) is 0.182. The van der Waals surface area contributed by atoms with E-state index < -0.39 is 0 Å². The van der Waals surface area contributed by atoms with E-state index in [1.807, 2.05) is 42.5 Å². The molecule has 5 aromatic rings. The Bertz CT molecular complexity index is 1400. The van der Waals surface area contributed by atoms with E-state index in [4.69, 9.17) is 4.98 Å². The van der Waals surface area contributed by atoms with E-state index in [2.05, 4.69) is 50.5 Å². The standard InChI is InChI=1S/C22H20N8O/c1-13(2)16-5-3-4-6-17(16)20-23-11-18-21(25-20)30(22(31)24-18)12-14-7-9-15(10-8-14)19-26-28-29-27-19/h3-11,13H,12H2,1-2H3,(H,24,31)(H,26,27,28,29). The van der Waals surface area contributed by atoms with Crippen LogP contribution in [0.1, 0.15) is 30.9 Å². The van der Waals surface area contributed by atoms with E-state index in [-0.39, 0.29) is 5.69 Å². The van der Waals surface area contributed by atoms with E-state index in [1.165, 1.54) is 5.56 Å². The molecule has 0 fully saturated rings. The van der Waals surface area contributed by atoms with Crippen LogP contribution in [0.3, 0.4) is 0 Å². The van der Waals surface area contributed by atoms with Crippen molar-refractivity contribution in [2.45, 2.75) is 26.3 Å². The Morgan fingerprint density at radius 3 is 2.58 bits per heavy atom. The first-order chi connectivity index (χ1) is 15.1. The zero-order chi connectivity index (χ0) is 21.4. The summed E-state index contributed by atoms with van der Waals surface area (Å²) in [6, 6.07) is 15.8. The van der Waals surface area contributed by atoms with E-state index in [1.54, 1.807) is 10.8 Å². The van der Waals surface area contributed by atoms with E-state index in [0.29, 0.717) is 35.3 Å². The molecule has 0 amide bonds. The summed E-state index contributed by atoms with van der Waals surface area (Å²) in [5.74, 6) is 1.47. The lowest BCUT2D eigenvalue weighted by atomic mass is 9.97. The number of benzene rings is 2. The highest BCUT2D eigenvalue weighted by molar-refractivity contribution is 5.73. The van der Waals surface area contributed by atoms with Crippen LogP contribution in [0.15, 0.2) is 59.5 Å². The van der Waals surface area contributed by atoms with Gasteiger partial charge in [0.05, 0.1) is 12.7 Å². The van der Waals surface area contributed by atoms with Crippen molar-refractivity contribution in [1.82, 2.24) is 40.1 Å². The Morgan fingerprint density at radius 1 is 1.03 bits per heavy atom. The highest BCUT2D eigenvalue weighted by atomic mass is 16.1.